The molecule has 23 heavy (non-hydrogen) atoms. The van der Waals surface area contributed by atoms with Crippen LogP contribution in [0, 0.1) is 6.92 Å². The molecule has 3 heteroatoms. The van der Waals surface area contributed by atoms with Crippen LogP contribution in [0.4, 0.5) is 5.69 Å². The number of anilines is 1. The zero-order valence-electron chi connectivity index (χ0n) is 13.6. The fourth-order valence-corrected chi connectivity index (χ4v) is 6.21. The number of hydrogen-bond acceptors (Lipinski definition) is 3. The summed E-state index contributed by atoms with van der Waals surface area (Å²) in [4.78, 5) is 5.35. The lowest BCUT2D eigenvalue weighted by atomic mass is 9.88. The molecule has 2 aliphatic rings. The zero-order chi connectivity index (χ0) is 15.6. The third-order valence-electron chi connectivity index (χ3n) is 5.85. The minimum absolute atomic E-state index is 0.170. The monoisotopic (exact) mass is 323 g/mol. The number of furan rings is 1. The molecule has 5 rings (SSSR count). The van der Waals surface area contributed by atoms with E-state index in [1.54, 1.807) is 5.56 Å². The molecule has 1 saturated carbocycles. The van der Waals surface area contributed by atoms with Gasteiger partial charge in [-0.25, -0.2) is 0 Å². The summed E-state index contributed by atoms with van der Waals surface area (Å²) >= 11 is 1.86. The van der Waals surface area contributed by atoms with Gasteiger partial charge in [-0.3, -0.25) is 0 Å². The standard InChI is InChI=1S/C20H21NOS/c1-13-7-3-4-8-16(13)21-14(2)18-17(20(21)10-5-6-11-20)15-9-12-22-19(15)23-18/h3-4,7-9,12,14H,5-6,10-11H2,1-2H3. The summed E-state index contributed by atoms with van der Waals surface area (Å²) in [6.45, 7) is 4.61. The van der Waals surface area contributed by atoms with E-state index in [2.05, 4.69) is 49.1 Å². The molecule has 1 spiro atoms. The molecule has 3 heterocycles. The Labute approximate surface area is 140 Å². The molecule has 118 valence electrons. The number of rotatable bonds is 1. The number of fused-ring (bicyclic) bond motifs is 4. The fourth-order valence-electron chi connectivity index (χ4n) is 4.95. The van der Waals surface area contributed by atoms with Gasteiger partial charge in [-0.1, -0.05) is 31.0 Å². The Balaban J connectivity index is 1.79. The molecule has 0 amide bonds. The maximum Gasteiger partial charge on any atom is 0.188 e. The first-order valence-corrected chi connectivity index (χ1v) is 9.39. The third-order valence-corrected chi connectivity index (χ3v) is 7.11. The van der Waals surface area contributed by atoms with Crippen LogP contribution in [0.1, 0.15) is 54.7 Å². The van der Waals surface area contributed by atoms with E-state index in [-0.39, 0.29) is 5.54 Å². The Morgan fingerprint density at radius 2 is 1.96 bits per heavy atom. The Morgan fingerprint density at radius 3 is 2.74 bits per heavy atom. The third kappa shape index (κ3) is 1.64. The van der Waals surface area contributed by atoms with Crippen molar-refractivity contribution in [1.29, 1.82) is 0 Å². The SMILES string of the molecule is Cc1ccccc1N1C(C)c2sc3occc3c2C12CCCC2. The zero-order valence-corrected chi connectivity index (χ0v) is 14.5. The predicted octanol–water partition coefficient (Wildman–Crippen LogP) is 6.15. The van der Waals surface area contributed by atoms with Gasteiger partial charge in [-0.15, -0.1) is 11.3 Å². The van der Waals surface area contributed by atoms with Crippen LogP contribution in [0.25, 0.3) is 10.3 Å². The van der Waals surface area contributed by atoms with Crippen LogP contribution >= 0.6 is 11.3 Å². The second-order valence-corrected chi connectivity index (χ2v) is 8.05. The molecule has 0 N–H and O–H groups in total. The van der Waals surface area contributed by atoms with Gasteiger partial charge in [0.05, 0.1) is 17.8 Å². The van der Waals surface area contributed by atoms with E-state index in [1.807, 2.05) is 17.6 Å². The number of para-hydroxylation sites is 1. The van der Waals surface area contributed by atoms with Crippen molar-refractivity contribution >= 4 is 27.3 Å². The maximum atomic E-state index is 5.73. The van der Waals surface area contributed by atoms with E-state index < -0.39 is 0 Å². The molecule has 2 aromatic heterocycles. The van der Waals surface area contributed by atoms with E-state index in [0.717, 1.165) is 4.90 Å². The van der Waals surface area contributed by atoms with Gasteiger partial charge in [-0.2, -0.15) is 0 Å². The van der Waals surface area contributed by atoms with Gasteiger partial charge in [0.25, 0.3) is 0 Å². The quantitative estimate of drug-likeness (QED) is 0.534. The summed E-state index contributed by atoms with van der Waals surface area (Å²) in [6.07, 6.45) is 7.02. The van der Waals surface area contributed by atoms with Gasteiger partial charge in [0.1, 0.15) is 0 Å². The Kier molecular flexibility index (Phi) is 2.76. The second-order valence-electron chi connectivity index (χ2n) is 7.03. The minimum Gasteiger partial charge on any atom is -0.454 e. The summed E-state index contributed by atoms with van der Waals surface area (Å²) in [6, 6.07) is 11.5. The summed E-state index contributed by atoms with van der Waals surface area (Å²) in [7, 11) is 0. The Bertz CT molecular complexity index is 884. The summed E-state index contributed by atoms with van der Waals surface area (Å²) in [5.41, 5.74) is 4.52. The van der Waals surface area contributed by atoms with E-state index in [0.29, 0.717) is 6.04 Å². The predicted molar refractivity (Wildman–Crippen MR) is 96.3 cm³/mol. The van der Waals surface area contributed by atoms with Crippen molar-refractivity contribution in [3.63, 3.8) is 0 Å². The highest BCUT2D eigenvalue weighted by molar-refractivity contribution is 7.18. The van der Waals surface area contributed by atoms with E-state index >= 15 is 0 Å². The molecule has 0 bridgehead atoms. The van der Waals surface area contributed by atoms with Gasteiger partial charge < -0.3 is 9.32 Å². The number of benzene rings is 1. The van der Waals surface area contributed by atoms with Crippen LogP contribution in [-0.4, -0.2) is 0 Å². The smallest absolute Gasteiger partial charge is 0.188 e. The molecule has 1 aliphatic carbocycles. The van der Waals surface area contributed by atoms with Crippen LogP contribution < -0.4 is 4.90 Å². The molecule has 1 aliphatic heterocycles. The van der Waals surface area contributed by atoms with Crippen LogP contribution in [0.3, 0.4) is 0 Å². The van der Waals surface area contributed by atoms with Gasteiger partial charge in [0.15, 0.2) is 4.90 Å². The van der Waals surface area contributed by atoms with Crippen LogP contribution in [0.5, 0.6) is 0 Å². The number of nitrogens with zero attached hydrogens (tertiary/aromatic N) is 1. The van der Waals surface area contributed by atoms with Crippen molar-refractivity contribution < 1.29 is 4.42 Å². The normalized spacial score (nSPS) is 22.3. The van der Waals surface area contributed by atoms with E-state index in [9.17, 15) is 0 Å². The second kappa shape index (κ2) is 4.64. The number of thiophene rings is 1. The summed E-state index contributed by atoms with van der Waals surface area (Å²) < 4.78 is 5.73. The number of aryl methyl sites for hydroxylation is 1. The van der Waals surface area contributed by atoms with Crippen LogP contribution in [-0.2, 0) is 5.54 Å². The highest BCUT2D eigenvalue weighted by Gasteiger charge is 2.52. The topological polar surface area (TPSA) is 16.4 Å². The first-order valence-electron chi connectivity index (χ1n) is 8.58. The van der Waals surface area contributed by atoms with Gasteiger partial charge in [0, 0.05) is 21.5 Å². The highest BCUT2D eigenvalue weighted by Crippen LogP contribution is 2.60. The van der Waals surface area contributed by atoms with Gasteiger partial charge in [0.2, 0.25) is 0 Å². The van der Waals surface area contributed by atoms with Crippen molar-refractivity contribution in [2.75, 3.05) is 4.90 Å². The molecule has 2 nitrogen and oxygen atoms in total. The number of hydrogen-bond donors (Lipinski definition) is 0. The molecule has 0 saturated heterocycles. The van der Waals surface area contributed by atoms with E-state index in [4.69, 9.17) is 4.42 Å². The lowest BCUT2D eigenvalue weighted by Gasteiger charge is -2.41. The Hall–Kier alpha value is -1.74. The molecule has 1 aromatic carbocycles. The van der Waals surface area contributed by atoms with Crippen LogP contribution in [0.15, 0.2) is 41.0 Å². The molecule has 1 atom stereocenters. The average Bonchev–Trinajstić information content (AvgIpc) is 3.26. The summed E-state index contributed by atoms with van der Waals surface area (Å²) in [5.74, 6) is 0. The average molecular weight is 323 g/mol. The van der Waals surface area contributed by atoms with Crippen molar-refractivity contribution in [2.24, 2.45) is 0 Å². The largest absolute Gasteiger partial charge is 0.454 e. The highest BCUT2D eigenvalue weighted by atomic mass is 32.1. The molecule has 1 unspecified atom stereocenters. The molecule has 0 radical (unpaired) electrons. The first kappa shape index (κ1) is 13.7. The maximum absolute atomic E-state index is 5.73. The Morgan fingerprint density at radius 1 is 1.17 bits per heavy atom. The van der Waals surface area contributed by atoms with Crippen molar-refractivity contribution in [1.82, 2.24) is 0 Å². The molecular weight excluding hydrogens is 302 g/mol. The fraction of sp³-hybridized carbons (Fsp3) is 0.400. The van der Waals surface area contributed by atoms with Crippen molar-refractivity contribution in [3.05, 3.63) is 52.6 Å². The molecule has 3 aromatic rings. The molecule has 1 fully saturated rings. The lowest BCUT2D eigenvalue weighted by Crippen LogP contribution is -2.40. The van der Waals surface area contributed by atoms with Crippen molar-refractivity contribution in [2.45, 2.75) is 51.1 Å². The van der Waals surface area contributed by atoms with Gasteiger partial charge in [-0.05, 0) is 44.4 Å². The summed E-state index contributed by atoms with van der Waals surface area (Å²) in [5, 5.41) is 1.36. The van der Waals surface area contributed by atoms with Gasteiger partial charge >= 0.3 is 0 Å². The van der Waals surface area contributed by atoms with E-state index in [1.165, 1.54) is 47.2 Å². The van der Waals surface area contributed by atoms with Crippen LogP contribution in [0.2, 0.25) is 0 Å². The molecular formula is C20H21NOS. The first-order chi connectivity index (χ1) is 11.2. The minimum atomic E-state index is 0.170. The van der Waals surface area contributed by atoms with Crippen molar-refractivity contribution in [3.8, 4) is 0 Å². The lowest BCUT2D eigenvalue weighted by molar-refractivity contribution is 0.418.